The lowest BCUT2D eigenvalue weighted by Gasteiger charge is -2.13. The molecule has 0 spiro atoms. The fraction of sp³-hybridized carbons (Fsp3) is 0.0625. The van der Waals surface area contributed by atoms with Crippen LogP contribution >= 0.6 is 11.6 Å². The Labute approximate surface area is 121 Å². The molecule has 2 aromatic carbocycles. The second-order valence-electron chi connectivity index (χ2n) is 4.75. The minimum atomic E-state index is -0.159. The van der Waals surface area contributed by atoms with Crippen molar-refractivity contribution in [2.24, 2.45) is 0 Å². The Morgan fingerprint density at radius 2 is 1.85 bits per heavy atom. The van der Waals surface area contributed by atoms with E-state index in [1.165, 1.54) is 4.57 Å². The maximum Gasteiger partial charge on any atom is 0.264 e. The molecule has 0 saturated heterocycles. The van der Waals surface area contributed by atoms with E-state index >= 15 is 0 Å². The molecule has 0 aliphatic carbocycles. The van der Waals surface area contributed by atoms with E-state index in [0.717, 1.165) is 10.9 Å². The van der Waals surface area contributed by atoms with Gasteiger partial charge in [0.2, 0.25) is 0 Å². The molecule has 20 heavy (non-hydrogen) atoms. The molecular formula is C16H13ClN2O. The zero-order chi connectivity index (χ0) is 14.3. The molecule has 0 unspecified atom stereocenters. The van der Waals surface area contributed by atoms with E-state index in [4.69, 9.17) is 17.3 Å². The van der Waals surface area contributed by atoms with Gasteiger partial charge in [0, 0.05) is 5.39 Å². The molecule has 0 radical (unpaired) electrons. The number of fused-ring (bicyclic) bond motifs is 1. The number of halogens is 1. The monoisotopic (exact) mass is 284 g/mol. The molecule has 0 amide bonds. The van der Waals surface area contributed by atoms with Crippen LogP contribution in [0.25, 0.3) is 16.5 Å². The van der Waals surface area contributed by atoms with Crippen LogP contribution < -0.4 is 11.3 Å². The average molecular weight is 285 g/mol. The van der Waals surface area contributed by atoms with Crippen LogP contribution in [0.3, 0.4) is 0 Å². The minimum Gasteiger partial charge on any atom is -0.385 e. The van der Waals surface area contributed by atoms with Gasteiger partial charge in [-0.1, -0.05) is 35.9 Å². The molecule has 1 heterocycles. The van der Waals surface area contributed by atoms with Gasteiger partial charge in [0.1, 0.15) is 5.82 Å². The van der Waals surface area contributed by atoms with Gasteiger partial charge in [-0.3, -0.25) is 9.36 Å². The first-order valence-electron chi connectivity index (χ1n) is 6.25. The summed E-state index contributed by atoms with van der Waals surface area (Å²) in [6.07, 6.45) is 0. The van der Waals surface area contributed by atoms with Crippen LogP contribution in [0, 0.1) is 6.92 Å². The molecule has 2 N–H and O–H groups in total. The predicted molar refractivity (Wildman–Crippen MR) is 83.7 cm³/mol. The topological polar surface area (TPSA) is 48.0 Å². The highest BCUT2D eigenvalue weighted by molar-refractivity contribution is 6.32. The highest BCUT2D eigenvalue weighted by Gasteiger charge is 2.11. The normalized spacial score (nSPS) is 10.9. The van der Waals surface area contributed by atoms with Crippen molar-refractivity contribution in [2.45, 2.75) is 6.92 Å². The number of pyridine rings is 1. The quantitative estimate of drug-likeness (QED) is 0.743. The lowest BCUT2D eigenvalue weighted by atomic mass is 10.1. The van der Waals surface area contributed by atoms with Gasteiger partial charge in [0.25, 0.3) is 5.56 Å². The standard InChI is InChI=1S/C16H13ClN2O/c1-10-6-7-13(17)14(8-10)19-15(18)9-11-4-2-3-5-12(11)16(19)20/h2-9H,18H2,1H3. The van der Waals surface area contributed by atoms with Crippen molar-refractivity contribution in [2.75, 3.05) is 5.73 Å². The molecule has 3 aromatic rings. The van der Waals surface area contributed by atoms with E-state index in [0.29, 0.717) is 21.9 Å². The lowest BCUT2D eigenvalue weighted by Crippen LogP contribution is -2.21. The first-order chi connectivity index (χ1) is 9.58. The molecule has 3 rings (SSSR count). The van der Waals surface area contributed by atoms with Crippen molar-refractivity contribution in [1.29, 1.82) is 0 Å². The van der Waals surface area contributed by atoms with E-state index < -0.39 is 0 Å². The largest absolute Gasteiger partial charge is 0.385 e. The van der Waals surface area contributed by atoms with Crippen molar-refractivity contribution in [3.05, 3.63) is 69.5 Å². The summed E-state index contributed by atoms with van der Waals surface area (Å²) in [5.74, 6) is 0.376. The van der Waals surface area contributed by atoms with Gasteiger partial charge in [-0.2, -0.15) is 0 Å². The number of aromatic nitrogens is 1. The van der Waals surface area contributed by atoms with Gasteiger partial charge in [-0.15, -0.1) is 0 Å². The van der Waals surface area contributed by atoms with Crippen LogP contribution in [0.1, 0.15) is 5.56 Å². The van der Waals surface area contributed by atoms with Crippen molar-refractivity contribution in [3.63, 3.8) is 0 Å². The Hall–Kier alpha value is -2.26. The molecule has 0 saturated carbocycles. The molecule has 0 atom stereocenters. The van der Waals surface area contributed by atoms with Gasteiger partial charge >= 0.3 is 0 Å². The van der Waals surface area contributed by atoms with E-state index in [2.05, 4.69) is 0 Å². The van der Waals surface area contributed by atoms with Crippen LogP contribution in [0.5, 0.6) is 0 Å². The highest BCUT2D eigenvalue weighted by atomic mass is 35.5. The van der Waals surface area contributed by atoms with E-state index in [-0.39, 0.29) is 5.56 Å². The smallest absolute Gasteiger partial charge is 0.264 e. The van der Waals surface area contributed by atoms with Gasteiger partial charge in [0.15, 0.2) is 0 Å². The zero-order valence-corrected chi connectivity index (χ0v) is 11.7. The molecule has 4 heteroatoms. The van der Waals surface area contributed by atoms with Crippen molar-refractivity contribution >= 4 is 28.2 Å². The number of hydrogen-bond acceptors (Lipinski definition) is 2. The van der Waals surface area contributed by atoms with E-state index in [9.17, 15) is 4.79 Å². The van der Waals surface area contributed by atoms with Crippen molar-refractivity contribution in [3.8, 4) is 5.69 Å². The molecule has 1 aromatic heterocycles. The van der Waals surface area contributed by atoms with Crippen molar-refractivity contribution in [1.82, 2.24) is 4.57 Å². The summed E-state index contributed by atoms with van der Waals surface area (Å²) in [5, 5.41) is 1.95. The minimum absolute atomic E-state index is 0.159. The SMILES string of the molecule is Cc1ccc(Cl)c(-n2c(N)cc3ccccc3c2=O)c1. The van der Waals surface area contributed by atoms with Crippen molar-refractivity contribution < 1.29 is 0 Å². The first kappa shape index (κ1) is 12.8. The summed E-state index contributed by atoms with van der Waals surface area (Å²) in [7, 11) is 0. The van der Waals surface area contributed by atoms with Gasteiger partial charge in [0.05, 0.1) is 10.7 Å². The van der Waals surface area contributed by atoms with Crippen LogP contribution in [-0.4, -0.2) is 4.57 Å². The summed E-state index contributed by atoms with van der Waals surface area (Å²) in [6.45, 7) is 1.95. The molecule has 0 aliphatic heterocycles. The Balaban J connectivity index is 2.42. The van der Waals surface area contributed by atoms with Crippen LogP contribution in [0.4, 0.5) is 5.82 Å². The Morgan fingerprint density at radius 3 is 2.65 bits per heavy atom. The van der Waals surface area contributed by atoms with E-state index in [1.54, 1.807) is 18.2 Å². The van der Waals surface area contributed by atoms with E-state index in [1.807, 2.05) is 37.3 Å². The number of benzene rings is 2. The maximum atomic E-state index is 12.6. The summed E-state index contributed by atoms with van der Waals surface area (Å²) < 4.78 is 1.46. The number of aryl methyl sites for hydroxylation is 1. The molecule has 0 fully saturated rings. The third-order valence-electron chi connectivity index (χ3n) is 3.30. The maximum absolute atomic E-state index is 12.6. The fourth-order valence-electron chi connectivity index (χ4n) is 2.32. The highest BCUT2D eigenvalue weighted by Crippen LogP contribution is 2.24. The van der Waals surface area contributed by atoms with Gasteiger partial charge in [-0.05, 0) is 42.1 Å². The third-order valence-corrected chi connectivity index (χ3v) is 3.62. The van der Waals surface area contributed by atoms with Crippen LogP contribution in [-0.2, 0) is 0 Å². The molecule has 0 bridgehead atoms. The molecule has 3 nitrogen and oxygen atoms in total. The number of hydrogen-bond donors (Lipinski definition) is 1. The lowest BCUT2D eigenvalue weighted by molar-refractivity contribution is 1.02. The number of nitrogens with two attached hydrogens (primary N) is 1. The third kappa shape index (κ3) is 1.96. The number of nitrogen functional groups attached to an aromatic ring is 1. The van der Waals surface area contributed by atoms with Gasteiger partial charge in [-0.25, -0.2) is 0 Å². The summed E-state index contributed by atoms with van der Waals surface area (Å²) in [6, 6.07) is 14.7. The number of rotatable bonds is 1. The Bertz CT molecular complexity index is 868. The van der Waals surface area contributed by atoms with Crippen LogP contribution in [0.15, 0.2) is 53.3 Å². The van der Waals surface area contributed by atoms with Crippen LogP contribution in [0.2, 0.25) is 5.02 Å². The zero-order valence-electron chi connectivity index (χ0n) is 10.9. The fourth-order valence-corrected chi connectivity index (χ4v) is 2.52. The molecule has 0 aliphatic rings. The van der Waals surface area contributed by atoms with Gasteiger partial charge < -0.3 is 5.73 Å². The summed E-state index contributed by atoms with van der Waals surface area (Å²) in [4.78, 5) is 12.6. The molecular weight excluding hydrogens is 272 g/mol. The number of anilines is 1. The Morgan fingerprint density at radius 1 is 1.10 bits per heavy atom. The average Bonchev–Trinajstić information content (AvgIpc) is 2.42. The second-order valence-corrected chi connectivity index (χ2v) is 5.16. The first-order valence-corrected chi connectivity index (χ1v) is 6.62. The number of nitrogens with zero attached hydrogens (tertiary/aromatic N) is 1. The predicted octanol–water partition coefficient (Wildman–Crippen LogP) is 3.53. The summed E-state index contributed by atoms with van der Waals surface area (Å²) >= 11 is 6.21. The summed E-state index contributed by atoms with van der Waals surface area (Å²) in [5.41, 5.74) is 7.51. The molecule has 100 valence electrons. The second kappa shape index (κ2) is 4.69. The Kier molecular flexibility index (Phi) is 2.99.